The normalized spacial score (nSPS) is 11.0. The molecule has 0 saturated heterocycles. The number of hydrogen-bond donors (Lipinski definition) is 2. The summed E-state index contributed by atoms with van der Waals surface area (Å²) in [6, 6.07) is 12.9. The average molecular weight is 434 g/mol. The van der Waals surface area contributed by atoms with E-state index in [0.29, 0.717) is 22.9 Å². The Morgan fingerprint density at radius 2 is 1.79 bits per heavy atom. The molecule has 1 aromatic heterocycles. The van der Waals surface area contributed by atoms with E-state index in [1.54, 1.807) is 43.3 Å². The molecule has 2 aromatic carbocycles. The van der Waals surface area contributed by atoms with E-state index in [9.17, 15) is 13.2 Å². The number of carbonyl (C=O) groups excluding carboxylic acids is 1. The van der Waals surface area contributed by atoms with Gasteiger partial charge in [-0.2, -0.15) is 0 Å². The van der Waals surface area contributed by atoms with Crippen molar-refractivity contribution in [2.45, 2.75) is 11.8 Å². The highest BCUT2D eigenvalue weighted by Gasteiger charge is 2.21. The number of anilines is 2. The van der Waals surface area contributed by atoms with Gasteiger partial charge in [-0.1, -0.05) is 29.5 Å². The van der Waals surface area contributed by atoms with Crippen molar-refractivity contribution in [1.29, 1.82) is 0 Å². The predicted octanol–water partition coefficient (Wildman–Crippen LogP) is 3.52. The van der Waals surface area contributed by atoms with Gasteiger partial charge in [0, 0.05) is 6.07 Å². The zero-order valence-electron chi connectivity index (χ0n) is 15.9. The molecule has 152 valence electrons. The first-order valence-corrected chi connectivity index (χ1v) is 10.7. The second-order valence-corrected chi connectivity index (χ2v) is 8.55. The van der Waals surface area contributed by atoms with Crippen LogP contribution in [0.25, 0.3) is 0 Å². The van der Waals surface area contributed by atoms with Crippen molar-refractivity contribution in [3.8, 4) is 11.5 Å². The van der Waals surface area contributed by atoms with E-state index in [1.807, 2.05) is 0 Å². The maximum absolute atomic E-state index is 12.7. The zero-order valence-corrected chi connectivity index (χ0v) is 17.6. The highest BCUT2D eigenvalue weighted by atomic mass is 32.2. The fraction of sp³-hybridized carbons (Fsp3) is 0.158. The molecular weight excluding hydrogens is 414 g/mol. The Balaban J connectivity index is 1.81. The topological polar surface area (TPSA) is 107 Å². The Morgan fingerprint density at radius 1 is 1.07 bits per heavy atom. The van der Waals surface area contributed by atoms with Crippen LogP contribution in [-0.4, -0.2) is 33.5 Å². The van der Waals surface area contributed by atoms with Gasteiger partial charge in [-0.15, -0.1) is 0 Å². The molecule has 0 spiro atoms. The van der Waals surface area contributed by atoms with Crippen LogP contribution in [0.4, 0.5) is 10.8 Å². The van der Waals surface area contributed by atoms with Crippen molar-refractivity contribution < 1.29 is 22.7 Å². The number of benzene rings is 2. The number of rotatable bonds is 7. The molecule has 0 unspecified atom stereocenters. The molecule has 1 amide bonds. The van der Waals surface area contributed by atoms with Crippen molar-refractivity contribution in [2.24, 2.45) is 0 Å². The molecule has 8 nitrogen and oxygen atoms in total. The highest BCUT2D eigenvalue weighted by molar-refractivity contribution is 7.93. The number of hydrogen-bond acceptors (Lipinski definition) is 7. The summed E-state index contributed by atoms with van der Waals surface area (Å²) < 4.78 is 37.7. The van der Waals surface area contributed by atoms with E-state index in [1.165, 1.54) is 26.4 Å². The van der Waals surface area contributed by atoms with Gasteiger partial charge in [0.15, 0.2) is 5.13 Å². The van der Waals surface area contributed by atoms with Gasteiger partial charge in [0.25, 0.3) is 15.9 Å². The van der Waals surface area contributed by atoms with E-state index in [4.69, 9.17) is 9.47 Å². The minimum atomic E-state index is -3.79. The van der Waals surface area contributed by atoms with E-state index < -0.39 is 15.9 Å². The van der Waals surface area contributed by atoms with Crippen LogP contribution >= 0.6 is 11.3 Å². The molecule has 29 heavy (non-hydrogen) atoms. The summed E-state index contributed by atoms with van der Waals surface area (Å²) in [7, 11) is -0.769. The summed E-state index contributed by atoms with van der Waals surface area (Å²) in [5.74, 6) is 0.602. The van der Waals surface area contributed by atoms with Gasteiger partial charge in [0.2, 0.25) is 0 Å². The third-order valence-electron chi connectivity index (χ3n) is 3.93. The average Bonchev–Trinajstić information content (AvgIpc) is 3.08. The summed E-state index contributed by atoms with van der Waals surface area (Å²) in [6.07, 6.45) is 0. The van der Waals surface area contributed by atoms with Crippen LogP contribution in [0.5, 0.6) is 11.5 Å². The van der Waals surface area contributed by atoms with Gasteiger partial charge in [-0.3, -0.25) is 9.52 Å². The third kappa shape index (κ3) is 4.66. The zero-order chi connectivity index (χ0) is 21.0. The molecular formula is C19H19N3O5S2. The molecule has 3 aromatic rings. The molecule has 0 bridgehead atoms. The SMILES string of the molecule is COc1ccc(NC(=O)c2sc(NS(=O)(=O)c3ccccc3)nc2C)c(OC)c1. The molecule has 0 radical (unpaired) electrons. The summed E-state index contributed by atoms with van der Waals surface area (Å²) in [6.45, 7) is 1.64. The predicted molar refractivity (Wildman–Crippen MR) is 112 cm³/mol. The number of aryl methyl sites for hydroxylation is 1. The fourth-order valence-electron chi connectivity index (χ4n) is 2.51. The lowest BCUT2D eigenvalue weighted by molar-refractivity contribution is 0.102. The lowest BCUT2D eigenvalue weighted by Crippen LogP contribution is -2.12. The molecule has 0 aliphatic heterocycles. The Hall–Kier alpha value is -3.11. The summed E-state index contributed by atoms with van der Waals surface area (Å²) in [4.78, 5) is 17.3. The second-order valence-electron chi connectivity index (χ2n) is 5.87. The Bertz CT molecular complexity index is 1130. The minimum Gasteiger partial charge on any atom is -0.497 e. The van der Waals surface area contributed by atoms with Gasteiger partial charge < -0.3 is 14.8 Å². The van der Waals surface area contributed by atoms with Gasteiger partial charge in [0.05, 0.1) is 30.5 Å². The van der Waals surface area contributed by atoms with Crippen molar-refractivity contribution in [2.75, 3.05) is 24.3 Å². The van der Waals surface area contributed by atoms with Crippen LogP contribution in [0, 0.1) is 6.92 Å². The smallest absolute Gasteiger partial charge is 0.267 e. The molecule has 0 aliphatic carbocycles. The van der Waals surface area contributed by atoms with Crippen LogP contribution < -0.4 is 19.5 Å². The maximum Gasteiger partial charge on any atom is 0.267 e. The number of aromatic nitrogens is 1. The number of thiazole rings is 1. The summed E-state index contributed by atoms with van der Waals surface area (Å²) in [5.41, 5.74) is 0.864. The Kier molecular flexibility index (Phi) is 6.04. The van der Waals surface area contributed by atoms with Gasteiger partial charge in [0.1, 0.15) is 16.4 Å². The second kappa shape index (κ2) is 8.50. The van der Waals surface area contributed by atoms with Crippen molar-refractivity contribution in [3.05, 3.63) is 59.1 Å². The van der Waals surface area contributed by atoms with Crippen LogP contribution in [0.3, 0.4) is 0 Å². The molecule has 0 atom stereocenters. The lowest BCUT2D eigenvalue weighted by Gasteiger charge is -2.11. The van der Waals surface area contributed by atoms with Crippen LogP contribution in [0.2, 0.25) is 0 Å². The largest absolute Gasteiger partial charge is 0.497 e. The van der Waals surface area contributed by atoms with Crippen molar-refractivity contribution >= 4 is 38.1 Å². The summed E-state index contributed by atoms with van der Waals surface area (Å²) >= 11 is 0.951. The van der Waals surface area contributed by atoms with Gasteiger partial charge in [-0.25, -0.2) is 13.4 Å². The number of carbonyl (C=O) groups is 1. The van der Waals surface area contributed by atoms with Crippen LogP contribution in [0.15, 0.2) is 53.4 Å². The molecule has 1 heterocycles. The quantitative estimate of drug-likeness (QED) is 0.590. The standard InChI is InChI=1S/C19H19N3O5S2/c1-12-17(18(23)21-15-10-9-13(26-2)11-16(15)27-3)28-19(20-12)22-29(24,25)14-7-5-4-6-8-14/h4-11H,1-3H3,(H,20,22)(H,21,23). The van der Waals surface area contributed by atoms with Gasteiger partial charge in [-0.05, 0) is 31.2 Å². The van der Waals surface area contributed by atoms with Gasteiger partial charge >= 0.3 is 0 Å². The molecule has 3 rings (SSSR count). The number of ether oxygens (including phenoxy) is 2. The number of methoxy groups -OCH3 is 2. The van der Waals surface area contributed by atoms with Crippen molar-refractivity contribution in [1.82, 2.24) is 4.98 Å². The van der Waals surface area contributed by atoms with Crippen LogP contribution in [0.1, 0.15) is 15.4 Å². The number of nitrogens with zero attached hydrogens (tertiary/aromatic N) is 1. The number of nitrogens with one attached hydrogen (secondary N) is 2. The number of amides is 1. The molecule has 0 saturated carbocycles. The first-order chi connectivity index (χ1) is 13.8. The monoisotopic (exact) mass is 433 g/mol. The Morgan fingerprint density at radius 3 is 2.45 bits per heavy atom. The first kappa shape index (κ1) is 20.6. The summed E-state index contributed by atoms with van der Waals surface area (Å²) in [5, 5.41) is 2.86. The molecule has 0 fully saturated rings. The van der Waals surface area contributed by atoms with E-state index in [-0.39, 0.29) is 14.9 Å². The Labute approximate surface area is 172 Å². The first-order valence-electron chi connectivity index (χ1n) is 8.42. The minimum absolute atomic E-state index is 0.109. The third-order valence-corrected chi connectivity index (χ3v) is 6.49. The van der Waals surface area contributed by atoms with E-state index >= 15 is 0 Å². The molecule has 2 N–H and O–H groups in total. The maximum atomic E-state index is 12.7. The van der Waals surface area contributed by atoms with Crippen LogP contribution in [-0.2, 0) is 10.0 Å². The van der Waals surface area contributed by atoms with E-state index in [2.05, 4.69) is 15.0 Å². The molecule has 0 aliphatic rings. The number of sulfonamides is 1. The lowest BCUT2D eigenvalue weighted by atomic mass is 10.2. The molecule has 10 heteroatoms. The fourth-order valence-corrected chi connectivity index (χ4v) is 4.62. The van der Waals surface area contributed by atoms with E-state index in [0.717, 1.165) is 11.3 Å². The highest BCUT2D eigenvalue weighted by Crippen LogP contribution is 2.31. The van der Waals surface area contributed by atoms with Crippen molar-refractivity contribution in [3.63, 3.8) is 0 Å².